The summed E-state index contributed by atoms with van der Waals surface area (Å²) in [5.41, 5.74) is 0.285. The summed E-state index contributed by atoms with van der Waals surface area (Å²) in [7, 11) is 1.88. The summed E-state index contributed by atoms with van der Waals surface area (Å²) in [6.45, 7) is 3.04. The Kier molecular flexibility index (Phi) is 4.07. The standard InChI is InChI=1S/C12H16N6O/c1-3-14-10-7-13-6-9(17-10)12(19)16-8-11-15-4-5-18(11)2/h4-7H,3,8H2,1-2H3,(H,14,17)(H,16,19). The maximum absolute atomic E-state index is 11.9. The number of carbonyl (C=O) groups is 1. The summed E-state index contributed by atoms with van der Waals surface area (Å²) < 4.78 is 1.85. The molecular formula is C12H16N6O. The molecule has 0 saturated carbocycles. The Bertz CT molecular complexity index is 565. The molecule has 0 unspecified atom stereocenters. The van der Waals surface area contributed by atoms with Crippen molar-refractivity contribution in [2.24, 2.45) is 7.05 Å². The molecule has 2 N–H and O–H groups in total. The lowest BCUT2D eigenvalue weighted by molar-refractivity contribution is 0.0944. The summed E-state index contributed by atoms with van der Waals surface area (Å²) >= 11 is 0. The van der Waals surface area contributed by atoms with Gasteiger partial charge in [-0.05, 0) is 6.92 Å². The van der Waals surface area contributed by atoms with Gasteiger partial charge in [0.1, 0.15) is 17.3 Å². The van der Waals surface area contributed by atoms with Gasteiger partial charge in [-0.15, -0.1) is 0 Å². The summed E-state index contributed by atoms with van der Waals surface area (Å²) in [5.74, 6) is 1.10. The number of aryl methyl sites for hydroxylation is 1. The van der Waals surface area contributed by atoms with Gasteiger partial charge in [0, 0.05) is 26.0 Å². The van der Waals surface area contributed by atoms with Crippen molar-refractivity contribution in [3.05, 3.63) is 36.3 Å². The molecule has 0 aliphatic rings. The van der Waals surface area contributed by atoms with E-state index in [4.69, 9.17) is 0 Å². The van der Waals surface area contributed by atoms with Gasteiger partial charge in [-0.25, -0.2) is 9.97 Å². The lowest BCUT2D eigenvalue weighted by Gasteiger charge is -2.06. The van der Waals surface area contributed by atoms with E-state index >= 15 is 0 Å². The van der Waals surface area contributed by atoms with E-state index in [0.717, 1.165) is 12.4 Å². The third kappa shape index (κ3) is 3.27. The monoisotopic (exact) mass is 260 g/mol. The molecule has 2 aromatic heterocycles. The van der Waals surface area contributed by atoms with Gasteiger partial charge >= 0.3 is 0 Å². The molecule has 2 rings (SSSR count). The number of hydrogen-bond acceptors (Lipinski definition) is 5. The molecule has 0 spiro atoms. The first-order valence-corrected chi connectivity index (χ1v) is 6.01. The number of aromatic nitrogens is 4. The summed E-state index contributed by atoms with van der Waals surface area (Å²) in [4.78, 5) is 24.2. The number of carbonyl (C=O) groups excluding carboxylic acids is 1. The highest BCUT2D eigenvalue weighted by molar-refractivity contribution is 5.92. The Hall–Kier alpha value is -2.44. The summed E-state index contributed by atoms with van der Waals surface area (Å²) in [5, 5.41) is 5.77. The van der Waals surface area contributed by atoms with Crippen molar-refractivity contribution < 1.29 is 4.79 Å². The number of nitrogens with zero attached hydrogens (tertiary/aromatic N) is 4. The van der Waals surface area contributed by atoms with Crippen molar-refractivity contribution >= 4 is 11.7 Å². The lowest BCUT2D eigenvalue weighted by Crippen LogP contribution is -2.25. The van der Waals surface area contributed by atoms with Crippen LogP contribution in [-0.2, 0) is 13.6 Å². The second-order valence-corrected chi connectivity index (χ2v) is 3.96. The second kappa shape index (κ2) is 5.94. The first-order chi connectivity index (χ1) is 9.20. The molecule has 0 radical (unpaired) electrons. The largest absolute Gasteiger partial charge is 0.369 e. The van der Waals surface area contributed by atoms with E-state index in [9.17, 15) is 4.79 Å². The number of hydrogen-bond donors (Lipinski definition) is 2. The van der Waals surface area contributed by atoms with E-state index in [2.05, 4.69) is 25.6 Å². The quantitative estimate of drug-likeness (QED) is 0.821. The molecule has 2 heterocycles. The molecule has 0 saturated heterocycles. The molecule has 1 amide bonds. The van der Waals surface area contributed by atoms with Gasteiger partial charge in [0.25, 0.3) is 5.91 Å². The molecule has 0 atom stereocenters. The normalized spacial score (nSPS) is 10.2. The van der Waals surface area contributed by atoms with Gasteiger partial charge in [0.2, 0.25) is 0 Å². The van der Waals surface area contributed by atoms with Crippen LogP contribution in [0.5, 0.6) is 0 Å². The van der Waals surface area contributed by atoms with Crippen LogP contribution >= 0.6 is 0 Å². The van der Waals surface area contributed by atoms with E-state index in [1.54, 1.807) is 12.4 Å². The van der Waals surface area contributed by atoms with Crippen LogP contribution in [0.4, 0.5) is 5.82 Å². The molecule has 100 valence electrons. The van der Waals surface area contributed by atoms with Crippen molar-refractivity contribution in [2.45, 2.75) is 13.5 Å². The lowest BCUT2D eigenvalue weighted by atomic mass is 10.4. The van der Waals surface area contributed by atoms with Crippen LogP contribution in [0.1, 0.15) is 23.2 Å². The zero-order valence-electron chi connectivity index (χ0n) is 10.9. The fourth-order valence-electron chi connectivity index (χ4n) is 1.56. The number of nitrogens with one attached hydrogen (secondary N) is 2. The maximum atomic E-state index is 11.9. The third-order valence-electron chi connectivity index (χ3n) is 2.55. The Morgan fingerprint density at radius 1 is 1.42 bits per heavy atom. The SMILES string of the molecule is CCNc1cncc(C(=O)NCc2nccn2C)n1. The second-order valence-electron chi connectivity index (χ2n) is 3.96. The highest BCUT2D eigenvalue weighted by atomic mass is 16.1. The number of anilines is 1. The predicted octanol–water partition coefficient (Wildman–Crippen LogP) is 0.572. The topological polar surface area (TPSA) is 84.7 Å². The van der Waals surface area contributed by atoms with Gasteiger partial charge in [0.05, 0.1) is 18.9 Å². The Balaban J connectivity index is 2.00. The minimum absolute atomic E-state index is 0.268. The Labute approximate surface area is 111 Å². The van der Waals surface area contributed by atoms with E-state index in [1.807, 2.05) is 24.7 Å². The zero-order chi connectivity index (χ0) is 13.7. The molecule has 0 fully saturated rings. The van der Waals surface area contributed by atoms with Gasteiger partial charge < -0.3 is 15.2 Å². The fraction of sp³-hybridized carbons (Fsp3) is 0.333. The van der Waals surface area contributed by atoms with Crippen molar-refractivity contribution in [1.82, 2.24) is 24.8 Å². The third-order valence-corrected chi connectivity index (χ3v) is 2.55. The first kappa shape index (κ1) is 13.0. The predicted molar refractivity (Wildman–Crippen MR) is 70.6 cm³/mol. The molecule has 19 heavy (non-hydrogen) atoms. The number of rotatable bonds is 5. The van der Waals surface area contributed by atoms with Gasteiger partial charge in [-0.2, -0.15) is 0 Å². The highest BCUT2D eigenvalue weighted by Gasteiger charge is 2.09. The van der Waals surface area contributed by atoms with Crippen LogP contribution in [0.15, 0.2) is 24.8 Å². The molecule has 7 nitrogen and oxygen atoms in total. The van der Waals surface area contributed by atoms with Crippen LogP contribution in [0.25, 0.3) is 0 Å². The van der Waals surface area contributed by atoms with Gasteiger partial charge in [0.15, 0.2) is 0 Å². The Morgan fingerprint density at radius 2 is 2.26 bits per heavy atom. The van der Waals surface area contributed by atoms with Crippen LogP contribution in [0.3, 0.4) is 0 Å². The van der Waals surface area contributed by atoms with E-state index in [0.29, 0.717) is 12.4 Å². The van der Waals surface area contributed by atoms with Gasteiger partial charge in [-0.1, -0.05) is 0 Å². The average molecular weight is 260 g/mol. The van der Waals surface area contributed by atoms with Gasteiger partial charge in [-0.3, -0.25) is 9.78 Å². The minimum Gasteiger partial charge on any atom is -0.369 e. The molecule has 0 bridgehead atoms. The number of amides is 1. The van der Waals surface area contributed by atoms with Crippen LogP contribution in [0, 0.1) is 0 Å². The first-order valence-electron chi connectivity index (χ1n) is 6.01. The average Bonchev–Trinajstić information content (AvgIpc) is 2.82. The number of imidazole rings is 1. The van der Waals surface area contributed by atoms with Crippen molar-refractivity contribution in [3.8, 4) is 0 Å². The smallest absolute Gasteiger partial charge is 0.271 e. The molecule has 2 aromatic rings. The van der Waals surface area contributed by atoms with E-state index in [1.165, 1.54) is 6.20 Å². The molecule has 7 heteroatoms. The molecule has 0 aliphatic heterocycles. The van der Waals surface area contributed by atoms with Crippen molar-refractivity contribution in [3.63, 3.8) is 0 Å². The van der Waals surface area contributed by atoms with Crippen molar-refractivity contribution in [2.75, 3.05) is 11.9 Å². The van der Waals surface area contributed by atoms with E-state index in [-0.39, 0.29) is 11.6 Å². The van der Waals surface area contributed by atoms with Crippen LogP contribution in [0.2, 0.25) is 0 Å². The molecular weight excluding hydrogens is 244 g/mol. The maximum Gasteiger partial charge on any atom is 0.271 e. The minimum atomic E-state index is -0.268. The van der Waals surface area contributed by atoms with E-state index < -0.39 is 0 Å². The zero-order valence-corrected chi connectivity index (χ0v) is 10.9. The summed E-state index contributed by atoms with van der Waals surface area (Å²) in [6.07, 6.45) is 6.54. The van der Waals surface area contributed by atoms with Crippen LogP contribution < -0.4 is 10.6 Å². The fourth-order valence-corrected chi connectivity index (χ4v) is 1.56. The van der Waals surface area contributed by atoms with Crippen LogP contribution in [-0.4, -0.2) is 32.0 Å². The molecule has 0 aliphatic carbocycles. The highest BCUT2D eigenvalue weighted by Crippen LogP contribution is 2.02. The van der Waals surface area contributed by atoms with Crippen molar-refractivity contribution in [1.29, 1.82) is 0 Å². The molecule has 0 aromatic carbocycles. The Morgan fingerprint density at radius 3 is 2.95 bits per heavy atom. The summed E-state index contributed by atoms with van der Waals surface area (Å²) in [6, 6.07) is 0.